The van der Waals surface area contributed by atoms with Crippen LogP contribution in [-0.4, -0.2) is 67.5 Å². The van der Waals surface area contributed by atoms with Crippen LogP contribution < -0.4 is 4.72 Å². The molecule has 1 heterocycles. The third-order valence-corrected chi connectivity index (χ3v) is 6.94. The summed E-state index contributed by atoms with van der Waals surface area (Å²) in [4.78, 5) is 14.5. The minimum Gasteiger partial charge on any atom is -0.390 e. The molecule has 1 saturated carbocycles. The van der Waals surface area contributed by atoms with Gasteiger partial charge in [0, 0.05) is 12.6 Å². The van der Waals surface area contributed by atoms with E-state index in [0.717, 1.165) is 44.3 Å². The van der Waals surface area contributed by atoms with Gasteiger partial charge >= 0.3 is 0 Å². The van der Waals surface area contributed by atoms with Crippen molar-refractivity contribution in [3.63, 3.8) is 0 Å². The maximum Gasteiger partial charge on any atom is 0.225 e. The first-order valence-corrected chi connectivity index (χ1v) is 12.9. The second-order valence-corrected chi connectivity index (χ2v) is 11.7. The van der Waals surface area contributed by atoms with Crippen LogP contribution in [0.5, 0.6) is 0 Å². The first kappa shape index (κ1) is 24.6. The number of rotatable bonds is 8. The number of ether oxygens (including phenoxy) is 1. The molecular formula is C21H40N2O5S. The first-order valence-electron chi connectivity index (χ1n) is 11.0. The Balaban J connectivity index is 2.05. The van der Waals surface area contributed by atoms with Crippen molar-refractivity contribution in [3.05, 3.63) is 0 Å². The van der Waals surface area contributed by atoms with Gasteiger partial charge in [-0.3, -0.25) is 4.79 Å². The molecule has 2 fully saturated rings. The molecule has 0 unspecified atom stereocenters. The van der Waals surface area contributed by atoms with E-state index in [9.17, 15) is 18.3 Å². The van der Waals surface area contributed by atoms with E-state index >= 15 is 0 Å². The fourth-order valence-corrected chi connectivity index (χ4v) is 5.44. The lowest BCUT2D eigenvalue weighted by Crippen LogP contribution is -2.59. The van der Waals surface area contributed by atoms with Gasteiger partial charge in [0.15, 0.2) is 0 Å². The minimum atomic E-state index is -3.39. The van der Waals surface area contributed by atoms with Gasteiger partial charge in [-0.1, -0.05) is 13.8 Å². The fraction of sp³-hybridized carbons (Fsp3) is 0.952. The van der Waals surface area contributed by atoms with Crippen molar-refractivity contribution in [2.45, 2.75) is 96.4 Å². The van der Waals surface area contributed by atoms with E-state index in [0.29, 0.717) is 25.5 Å². The number of sulfonamides is 1. The second-order valence-electron chi connectivity index (χ2n) is 9.90. The number of aliphatic hydroxyl groups is 1. The zero-order valence-electron chi connectivity index (χ0n) is 18.7. The molecule has 2 N–H and O–H groups in total. The smallest absolute Gasteiger partial charge is 0.225 e. The number of hydrogen-bond donors (Lipinski definition) is 2. The lowest BCUT2D eigenvalue weighted by molar-refractivity contribution is -0.142. The van der Waals surface area contributed by atoms with Crippen molar-refractivity contribution in [1.29, 1.82) is 0 Å². The zero-order valence-corrected chi connectivity index (χ0v) is 19.5. The normalized spacial score (nSPS) is 29.3. The Bertz CT molecular complexity index is 636. The number of nitrogens with zero attached hydrogens (tertiary/aromatic N) is 1. The van der Waals surface area contributed by atoms with Crippen molar-refractivity contribution in [2.75, 3.05) is 19.4 Å². The van der Waals surface area contributed by atoms with E-state index in [1.165, 1.54) is 0 Å². The second kappa shape index (κ2) is 10.1. The Morgan fingerprint density at radius 3 is 2.34 bits per heavy atom. The highest BCUT2D eigenvalue weighted by molar-refractivity contribution is 7.88. The highest BCUT2D eigenvalue weighted by Crippen LogP contribution is 2.32. The molecule has 0 radical (unpaired) electrons. The van der Waals surface area contributed by atoms with Crippen molar-refractivity contribution < 1.29 is 23.1 Å². The van der Waals surface area contributed by atoms with Gasteiger partial charge in [0.05, 0.1) is 37.0 Å². The van der Waals surface area contributed by atoms with Gasteiger partial charge in [0.1, 0.15) is 0 Å². The number of carbonyl (C=O) groups excluding carboxylic acids is 1. The molecule has 0 aromatic carbocycles. The number of carbonyl (C=O) groups is 1. The molecule has 1 aliphatic carbocycles. The summed E-state index contributed by atoms with van der Waals surface area (Å²) < 4.78 is 32.6. The highest BCUT2D eigenvalue weighted by Gasteiger charge is 2.38. The molecule has 0 spiro atoms. The lowest BCUT2D eigenvalue weighted by atomic mass is 9.80. The van der Waals surface area contributed by atoms with Gasteiger partial charge in [-0.15, -0.1) is 0 Å². The van der Waals surface area contributed by atoms with Crippen molar-refractivity contribution in [2.24, 2.45) is 11.8 Å². The van der Waals surface area contributed by atoms with Gasteiger partial charge < -0.3 is 14.7 Å². The highest BCUT2D eigenvalue weighted by atomic mass is 32.2. The van der Waals surface area contributed by atoms with Gasteiger partial charge in [-0.25, -0.2) is 13.1 Å². The topological polar surface area (TPSA) is 95.9 Å². The van der Waals surface area contributed by atoms with Crippen LogP contribution in [0, 0.1) is 11.8 Å². The first-order chi connectivity index (χ1) is 13.4. The average Bonchev–Trinajstić information content (AvgIpc) is 2.58. The molecule has 2 rings (SSSR count). The van der Waals surface area contributed by atoms with E-state index < -0.39 is 15.6 Å². The molecule has 170 valence electrons. The lowest BCUT2D eigenvalue weighted by Gasteiger charge is -2.42. The molecule has 0 aromatic rings. The van der Waals surface area contributed by atoms with Crippen LogP contribution in [0.3, 0.4) is 0 Å². The average molecular weight is 433 g/mol. The van der Waals surface area contributed by atoms with Crippen LogP contribution in [-0.2, 0) is 19.6 Å². The molecule has 7 nitrogen and oxygen atoms in total. The minimum absolute atomic E-state index is 0.00852. The molecular weight excluding hydrogens is 392 g/mol. The van der Waals surface area contributed by atoms with Gasteiger partial charge in [0.25, 0.3) is 0 Å². The molecule has 2 aliphatic rings. The third kappa shape index (κ3) is 8.15. The molecule has 0 bridgehead atoms. The largest absolute Gasteiger partial charge is 0.390 e. The fourth-order valence-electron chi connectivity index (χ4n) is 4.61. The standard InChI is InChI=1S/C21H40N2O5S/c1-15(2)16-8-10-17(11-9-16)28-14-19-18(22-29(5,26)27)7-6-12-23(19)20(24)13-21(3,4)25/h15-19,22,25H,6-14H2,1-5H3/t16?,17?,18-,19-/m0/s1. The number of amides is 1. The van der Waals surface area contributed by atoms with Crippen LogP contribution in [0.1, 0.15) is 72.6 Å². The van der Waals surface area contributed by atoms with Crippen LogP contribution in [0.25, 0.3) is 0 Å². The van der Waals surface area contributed by atoms with Gasteiger partial charge in [-0.05, 0) is 64.2 Å². The third-order valence-electron chi connectivity index (χ3n) is 6.21. The summed E-state index contributed by atoms with van der Waals surface area (Å²) in [6, 6.07) is -0.715. The molecule has 1 saturated heterocycles. The number of hydrogen-bond acceptors (Lipinski definition) is 5. The predicted octanol–water partition coefficient (Wildman–Crippen LogP) is 2.29. The maximum atomic E-state index is 12.8. The molecule has 1 amide bonds. The summed E-state index contributed by atoms with van der Waals surface area (Å²) >= 11 is 0. The molecule has 29 heavy (non-hydrogen) atoms. The summed E-state index contributed by atoms with van der Waals surface area (Å²) in [6.07, 6.45) is 7.04. The summed E-state index contributed by atoms with van der Waals surface area (Å²) in [5.41, 5.74) is -1.10. The van der Waals surface area contributed by atoms with Crippen LogP contribution in [0.15, 0.2) is 0 Å². The summed E-state index contributed by atoms with van der Waals surface area (Å²) in [5.74, 6) is 1.27. The molecule has 1 aliphatic heterocycles. The number of likely N-dealkylation sites (tertiary alicyclic amines) is 1. The van der Waals surface area contributed by atoms with Crippen molar-refractivity contribution >= 4 is 15.9 Å². The number of piperidine rings is 1. The molecule has 8 heteroatoms. The number of nitrogens with one attached hydrogen (secondary N) is 1. The van der Waals surface area contributed by atoms with E-state index in [4.69, 9.17) is 4.74 Å². The Morgan fingerprint density at radius 1 is 1.21 bits per heavy atom. The maximum absolute atomic E-state index is 12.8. The quantitative estimate of drug-likeness (QED) is 0.613. The van der Waals surface area contributed by atoms with Gasteiger partial charge in [0.2, 0.25) is 15.9 Å². The summed E-state index contributed by atoms with van der Waals surface area (Å²) in [5, 5.41) is 10.1. The van der Waals surface area contributed by atoms with E-state index in [-0.39, 0.29) is 30.5 Å². The van der Waals surface area contributed by atoms with E-state index in [2.05, 4.69) is 18.6 Å². The van der Waals surface area contributed by atoms with Gasteiger partial charge in [-0.2, -0.15) is 0 Å². The molecule has 2 atom stereocenters. The Labute approximate surface area is 176 Å². The molecule has 0 aromatic heterocycles. The monoisotopic (exact) mass is 432 g/mol. The zero-order chi connectivity index (χ0) is 21.8. The SMILES string of the molecule is CC(C)C1CCC(OC[C@H]2[C@@H](NS(C)(=O)=O)CCCN2C(=O)CC(C)(C)O)CC1. The Kier molecular flexibility index (Phi) is 8.53. The predicted molar refractivity (Wildman–Crippen MR) is 114 cm³/mol. The summed E-state index contributed by atoms with van der Waals surface area (Å²) in [6.45, 7) is 8.63. The Morgan fingerprint density at radius 2 is 1.83 bits per heavy atom. The van der Waals surface area contributed by atoms with Crippen LogP contribution >= 0.6 is 0 Å². The Hall–Kier alpha value is -0.700. The van der Waals surface area contributed by atoms with E-state index in [1.54, 1.807) is 18.7 Å². The van der Waals surface area contributed by atoms with Crippen molar-refractivity contribution in [3.8, 4) is 0 Å². The van der Waals surface area contributed by atoms with E-state index in [1.807, 2.05) is 0 Å². The van der Waals surface area contributed by atoms with Crippen LogP contribution in [0.2, 0.25) is 0 Å². The van der Waals surface area contributed by atoms with Crippen LogP contribution in [0.4, 0.5) is 0 Å². The summed E-state index contributed by atoms with van der Waals surface area (Å²) in [7, 11) is -3.39. The van der Waals surface area contributed by atoms with Crippen molar-refractivity contribution in [1.82, 2.24) is 9.62 Å².